The number of halogens is 1. The monoisotopic (exact) mass is 362 g/mol. The number of rotatable bonds is 7. The number of carbonyl (C=O) groups excluding carboxylic acids is 1. The molecule has 1 N–H and O–H groups in total. The number of nitrogens with one attached hydrogen (secondary N) is 1. The van der Waals surface area contributed by atoms with E-state index in [0.717, 1.165) is 5.56 Å². The van der Waals surface area contributed by atoms with E-state index in [-0.39, 0.29) is 11.9 Å². The van der Waals surface area contributed by atoms with Gasteiger partial charge in [-0.15, -0.1) is 0 Å². The highest BCUT2D eigenvalue weighted by atomic mass is 35.5. The van der Waals surface area contributed by atoms with Gasteiger partial charge in [-0.05, 0) is 44.3 Å². The lowest BCUT2D eigenvalue weighted by molar-refractivity contribution is -0.120. The second kappa shape index (κ2) is 8.74. The third-order valence-corrected chi connectivity index (χ3v) is 4.31. The topological polar surface area (TPSA) is 50.8 Å². The molecule has 0 unspecified atom stereocenters. The van der Waals surface area contributed by atoms with Crippen LogP contribution in [0.15, 0.2) is 42.5 Å². The van der Waals surface area contributed by atoms with Gasteiger partial charge in [-0.2, -0.15) is 0 Å². The Labute approximate surface area is 153 Å². The predicted molar refractivity (Wildman–Crippen MR) is 101 cm³/mol. The largest absolute Gasteiger partial charge is 0.493 e. The summed E-state index contributed by atoms with van der Waals surface area (Å²) in [5.74, 6) is 1.26. The molecule has 134 valence electrons. The van der Waals surface area contributed by atoms with Crippen molar-refractivity contribution in [2.24, 2.45) is 0 Å². The van der Waals surface area contributed by atoms with Crippen LogP contribution in [0, 0.1) is 0 Å². The number of para-hydroxylation sites is 1. The highest BCUT2D eigenvalue weighted by Crippen LogP contribution is 2.31. The summed E-state index contributed by atoms with van der Waals surface area (Å²) in [6.07, 6.45) is 0. The van der Waals surface area contributed by atoms with E-state index in [2.05, 4.69) is 5.32 Å². The maximum atomic E-state index is 12.5. The minimum Gasteiger partial charge on any atom is -0.493 e. The van der Waals surface area contributed by atoms with Crippen LogP contribution in [0.5, 0.6) is 11.5 Å². The lowest BCUT2D eigenvalue weighted by Gasteiger charge is -2.25. The Kier molecular flexibility index (Phi) is 6.67. The average Bonchev–Trinajstić information content (AvgIpc) is 2.62. The molecular formula is C19H23ClN2O3. The van der Waals surface area contributed by atoms with E-state index >= 15 is 0 Å². The molecule has 2 aromatic carbocycles. The zero-order valence-corrected chi connectivity index (χ0v) is 15.6. The first kappa shape index (κ1) is 19.1. The fourth-order valence-corrected chi connectivity index (χ4v) is 2.59. The van der Waals surface area contributed by atoms with Gasteiger partial charge >= 0.3 is 0 Å². The van der Waals surface area contributed by atoms with Gasteiger partial charge in [0.05, 0.1) is 20.3 Å². The first-order chi connectivity index (χ1) is 12.0. The van der Waals surface area contributed by atoms with Crippen LogP contribution in [0.4, 0.5) is 5.69 Å². The van der Waals surface area contributed by atoms with Crippen molar-refractivity contribution in [2.75, 3.05) is 26.6 Å². The number of methoxy groups -OCH3 is 2. The number of likely N-dealkylation sites (N-methyl/N-ethyl adjacent to an activating group) is 1. The van der Waals surface area contributed by atoms with Crippen LogP contribution in [-0.2, 0) is 11.3 Å². The highest BCUT2D eigenvalue weighted by molar-refractivity contribution is 6.30. The summed E-state index contributed by atoms with van der Waals surface area (Å²) in [4.78, 5) is 14.4. The van der Waals surface area contributed by atoms with Gasteiger partial charge in [0, 0.05) is 22.8 Å². The molecular weight excluding hydrogens is 340 g/mol. The first-order valence-corrected chi connectivity index (χ1v) is 8.30. The molecule has 0 fully saturated rings. The number of hydrogen-bond acceptors (Lipinski definition) is 4. The smallest absolute Gasteiger partial charge is 0.241 e. The Morgan fingerprint density at radius 1 is 1.16 bits per heavy atom. The molecule has 0 aromatic heterocycles. The molecule has 0 radical (unpaired) electrons. The van der Waals surface area contributed by atoms with Crippen molar-refractivity contribution in [3.63, 3.8) is 0 Å². The van der Waals surface area contributed by atoms with Gasteiger partial charge in [-0.25, -0.2) is 0 Å². The molecule has 2 aromatic rings. The van der Waals surface area contributed by atoms with Crippen LogP contribution in [0.1, 0.15) is 12.5 Å². The van der Waals surface area contributed by atoms with Gasteiger partial charge in [-0.1, -0.05) is 23.7 Å². The quantitative estimate of drug-likeness (QED) is 0.813. The van der Waals surface area contributed by atoms with E-state index in [9.17, 15) is 4.79 Å². The fourth-order valence-electron chi connectivity index (χ4n) is 2.46. The Balaban J connectivity index is 2.05. The molecule has 0 spiro atoms. The van der Waals surface area contributed by atoms with E-state index in [1.54, 1.807) is 38.5 Å². The Morgan fingerprint density at radius 2 is 1.84 bits per heavy atom. The number of carbonyl (C=O) groups is 1. The molecule has 0 heterocycles. The molecule has 25 heavy (non-hydrogen) atoms. The lowest BCUT2D eigenvalue weighted by Crippen LogP contribution is -2.39. The third-order valence-electron chi connectivity index (χ3n) is 4.06. The normalized spacial score (nSPS) is 11.9. The van der Waals surface area contributed by atoms with Crippen molar-refractivity contribution in [1.82, 2.24) is 4.90 Å². The van der Waals surface area contributed by atoms with Crippen LogP contribution in [-0.4, -0.2) is 38.1 Å². The Hall–Kier alpha value is -2.24. The number of anilines is 1. The van der Waals surface area contributed by atoms with Gasteiger partial charge in [0.1, 0.15) is 0 Å². The summed E-state index contributed by atoms with van der Waals surface area (Å²) in [6, 6.07) is 12.4. The van der Waals surface area contributed by atoms with Crippen molar-refractivity contribution >= 4 is 23.2 Å². The highest BCUT2D eigenvalue weighted by Gasteiger charge is 2.20. The van der Waals surface area contributed by atoms with Gasteiger partial charge in [0.25, 0.3) is 0 Å². The van der Waals surface area contributed by atoms with Crippen LogP contribution in [0.2, 0.25) is 5.02 Å². The maximum absolute atomic E-state index is 12.5. The van der Waals surface area contributed by atoms with Crippen molar-refractivity contribution < 1.29 is 14.3 Å². The van der Waals surface area contributed by atoms with Gasteiger partial charge in [-0.3, -0.25) is 9.69 Å². The van der Waals surface area contributed by atoms with E-state index in [0.29, 0.717) is 28.8 Å². The lowest BCUT2D eigenvalue weighted by atomic mass is 10.1. The van der Waals surface area contributed by atoms with Crippen LogP contribution >= 0.6 is 11.6 Å². The molecule has 5 nitrogen and oxygen atoms in total. The van der Waals surface area contributed by atoms with E-state index in [4.69, 9.17) is 21.1 Å². The minimum absolute atomic E-state index is 0.0910. The standard InChI is InChI=1S/C19H23ClN2O3/c1-13(19(23)21-16-10-8-15(20)9-11-16)22(2)12-14-6-5-7-17(24-3)18(14)25-4/h5-11,13H,12H2,1-4H3,(H,21,23)/t13-/m1/s1. The van der Waals surface area contributed by atoms with Crippen molar-refractivity contribution in [3.8, 4) is 11.5 Å². The molecule has 0 bridgehead atoms. The third kappa shape index (κ3) is 4.87. The zero-order valence-electron chi connectivity index (χ0n) is 14.9. The summed E-state index contributed by atoms with van der Waals surface area (Å²) in [7, 11) is 5.11. The number of hydrogen-bond donors (Lipinski definition) is 1. The SMILES string of the molecule is COc1cccc(CN(C)[C@H](C)C(=O)Nc2ccc(Cl)cc2)c1OC. The molecule has 0 saturated carbocycles. The molecule has 2 rings (SSSR count). The van der Waals surface area contributed by atoms with Gasteiger partial charge in [0.15, 0.2) is 11.5 Å². The van der Waals surface area contributed by atoms with Crippen LogP contribution in [0.25, 0.3) is 0 Å². The van der Waals surface area contributed by atoms with Crippen LogP contribution < -0.4 is 14.8 Å². The minimum atomic E-state index is -0.327. The molecule has 0 aliphatic rings. The molecule has 0 saturated heterocycles. The van der Waals surface area contributed by atoms with Gasteiger partial charge in [0.2, 0.25) is 5.91 Å². The molecule has 1 amide bonds. The maximum Gasteiger partial charge on any atom is 0.241 e. The van der Waals surface area contributed by atoms with Crippen molar-refractivity contribution in [3.05, 3.63) is 53.1 Å². The zero-order chi connectivity index (χ0) is 18.4. The Morgan fingerprint density at radius 3 is 2.44 bits per heavy atom. The van der Waals surface area contributed by atoms with Crippen molar-refractivity contribution in [2.45, 2.75) is 19.5 Å². The number of ether oxygens (including phenoxy) is 2. The fraction of sp³-hybridized carbons (Fsp3) is 0.316. The average molecular weight is 363 g/mol. The molecule has 0 aliphatic carbocycles. The van der Waals surface area contributed by atoms with Gasteiger partial charge < -0.3 is 14.8 Å². The molecule has 0 aliphatic heterocycles. The van der Waals surface area contributed by atoms with Crippen molar-refractivity contribution in [1.29, 1.82) is 0 Å². The summed E-state index contributed by atoms with van der Waals surface area (Å²) in [5.41, 5.74) is 1.67. The summed E-state index contributed by atoms with van der Waals surface area (Å²) in [6.45, 7) is 2.41. The number of benzene rings is 2. The first-order valence-electron chi connectivity index (χ1n) is 7.92. The Bertz CT molecular complexity index is 719. The van der Waals surface area contributed by atoms with E-state index in [1.807, 2.05) is 37.1 Å². The summed E-state index contributed by atoms with van der Waals surface area (Å²) >= 11 is 5.86. The molecule has 6 heteroatoms. The van der Waals surface area contributed by atoms with E-state index in [1.165, 1.54) is 0 Å². The van der Waals surface area contributed by atoms with E-state index < -0.39 is 0 Å². The summed E-state index contributed by atoms with van der Waals surface area (Å²) < 4.78 is 10.8. The number of amides is 1. The second-order valence-corrected chi connectivity index (χ2v) is 6.18. The molecule has 1 atom stereocenters. The van der Waals surface area contributed by atoms with Crippen LogP contribution in [0.3, 0.4) is 0 Å². The predicted octanol–water partition coefficient (Wildman–Crippen LogP) is 3.82. The number of nitrogens with zero attached hydrogens (tertiary/aromatic N) is 1. The second-order valence-electron chi connectivity index (χ2n) is 5.74. The summed E-state index contributed by atoms with van der Waals surface area (Å²) in [5, 5.41) is 3.52.